The Kier molecular flexibility index (Phi) is 3.61. The number of aryl methyl sites for hydroxylation is 1. The molecule has 0 aromatic carbocycles. The highest BCUT2D eigenvalue weighted by molar-refractivity contribution is 5.94. The summed E-state index contributed by atoms with van der Waals surface area (Å²) in [6, 6.07) is 1.73. The van der Waals surface area contributed by atoms with Crippen LogP contribution in [0.25, 0.3) is 0 Å². The molecule has 5 nitrogen and oxygen atoms in total. The van der Waals surface area contributed by atoms with Crippen molar-refractivity contribution in [3.63, 3.8) is 0 Å². The molecule has 1 aromatic heterocycles. The first-order valence-corrected chi connectivity index (χ1v) is 6.40. The van der Waals surface area contributed by atoms with Crippen LogP contribution in [0.15, 0.2) is 12.3 Å². The number of amides is 1. The average molecular weight is 251 g/mol. The highest BCUT2D eigenvalue weighted by Crippen LogP contribution is 2.19. The Morgan fingerprint density at radius 1 is 1.67 bits per heavy atom. The van der Waals surface area contributed by atoms with Gasteiger partial charge in [0.15, 0.2) is 0 Å². The van der Waals surface area contributed by atoms with Crippen LogP contribution in [0.3, 0.4) is 0 Å². The Labute approximate surface area is 107 Å². The van der Waals surface area contributed by atoms with E-state index in [9.17, 15) is 4.79 Å². The second kappa shape index (κ2) is 5.02. The molecular formula is C13H21N3O2. The van der Waals surface area contributed by atoms with Gasteiger partial charge >= 0.3 is 0 Å². The third kappa shape index (κ3) is 2.67. The number of nitrogens with zero attached hydrogens (tertiary/aromatic N) is 1. The van der Waals surface area contributed by atoms with Crippen molar-refractivity contribution in [1.82, 2.24) is 9.88 Å². The summed E-state index contributed by atoms with van der Waals surface area (Å²) in [6.45, 7) is 6.16. The molecule has 1 aliphatic rings. The zero-order valence-electron chi connectivity index (χ0n) is 11.0. The van der Waals surface area contributed by atoms with Crippen LogP contribution in [0.5, 0.6) is 0 Å². The lowest BCUT2D eigenvalue weighted by Gasteiger charge is -2.23. The summed E-state index contributed by atoms with van der Waals surface area (Å²) in [6.07, 6.45) is 3.63. The number of carbonyl (C=O) groups is 1. The number of hydrogen-bond acceptors (Lipinski definition) is 3. The van der Waals surface area contributed by atoms with Crippen LogP contribution in [-0.4, -0.2) is 29.2 Å². The molecule has 5 heteroatoms. The van der Waals surface area contributed by atoms with Crippen molar-refractivity contribution in [2.24, 2.45) is 0 Å². The molecule has 18 heavy (non-hydrogen) atoms. The number of rotatable bonds is 4. The lowest BCUT2D eigenvalue weighted by atomic mass is 10.0. The minimum Gasteiger partial charge on any atom is -0.397 e. The van der Waals surface area contributed by atoms with Gasteiger partial charge in [0.2, 0.25) is 0 Å². The van der Waals surface area contributed by atoms with Crippen molar-refractivity contribution in [3.05, 3.63) is 18.0 Å². The fourth-order valence-corrected chi connectivity index (χ4v) is 2.25. The van der Waals surface area contributed by atoms with Gasteiger partial charge in [-0.05, 0) is 25.8 Å². The van der Waals surface area contributed by atoms with Crippen molar-refractivity contribution in [2.45, 2.75) is 38.8 Å². The molecule has 1 atom stereocenters. The van der Waals surface area contributed by atoms with Crippen LogP contribution in [0.4, 0.5) is 5.69 Å². The predicted octanol–water partition coefficient (Wildman–Crippen LogP) is 1.39. The van der Waals surface area contributed by atoms with Crippen molar-refractivity contribution in [2.75, 3.05) is 18.9 Å². The van der Waals surface area contributed by atoms with Crippen molar-refractivity contribution < 1.29 is 9.53 Å². The SMILES string of the molecule is CCCn1cc(N)cc1C(=O)NC1(C)CCOC1. The van der Waals surface area contributed by atoms with Crippen LogP contribution in [0.2, 0.25) is 0 Å². The van der Waals surface area contributed by atoms with Crippen molar-refractivity contribution in [1.29, 1.82) is 0 Å². The predicted molar refractivity (Wildman–Crippen MR) is 70.4 cm³/mol. The Bertz CT molecular complexity index is 433. The zero-order valence-corrected chi connectivity index (χ0v) is 11.0. The molecule has 1 aromatic rings. The number of nitrogen functional groups attached to an aromatic ring is 1. The highest BCUT2D eigenvalue weighted by Gasteiger charge is 2.32. The minimum absolute atomic E-state index is 0.0758. The largest absolute Gasteiger partial charge is 0.397 e. The smallest absolute Gasteiger partial charge is 0.268 e. The summed E-state index contributed by atoms with van der Waals surface area (Å²) in [7, 11) is 0. The Hall–Kier alpha value is -1.49. The first-order chi connectivity index (χ1) is 8.54. The van der Waals surface area contributed by atoms with E-state index < -0.39 is 0 Å². The van der Waals surface area contributed by atoms with E-state index in [0.29, 0.717) is 24.6 Å². The molecule has 0 aliphatic carbocycles. The second-order valence-electron chi connectivity index (χ2n) is 5.17. The normalized spacial score (nSPS) is 23.2. The molecule has 100 valence electrons. The van der Waals surface area contributed by atoms with Gasteiger partial charge in [-0.1, -0.05) is 6.92 Å². The number of anilines is 1. The first kappa shape index (κ1) is 13.0. The van der Waals surface area contributed by atoms with Gasteiger partial charge in [-0.15, -0.1) is 0 Å². The Balaban J connectivity index is 2.12. The summed E-state index contributed by atoms with van der Waals surface area (Å²) in [5, 5.41) is 3.04. The number of carbonyl (C=O) groups excluding carboxylic acids is 1. The van der Waals surface area contributed by atoms with Crippen LogP contribution in [0, 0.1) is 0 Å². The molecule has 0 spiro atoms. The van der Waals surface area contributed by atoms with Crippen molar-refractivity contribution in [3.8, 4) is 0 Å². The van der Waals surface area contributed by atoms with E-state index in [4.69, 9.17) is 10.5 Å². The van der Waals surface area contributed by atoms with Crippen LogP contribution in [0.1, 0.15) is 37.2 Å². The molecule has 1 saturated heterocycles. The molecule has 0 radical (unpaired) electrons. The molecule has 1 unspecified atom stereocenters. The van der Waals surface area contributed by atoms with E-state index in [2.05, 4.69) is 12.2 Å². The summed E-state index contributed by atoms with van der Waals surface area (Å²) in [5.41, 5.74) is 6.76. The second-order valence-corrected chi connectivity index (χ2v) is 5.17. The third-order valence-corrected chi connectivity index (χ3v) is 3.25. The topological polar surface area (TPSA) is 69.3 Å². The number of nitrogens with two attached hydrogens (primary N) is 1. The van der Waals surface area contributed by atoms with Gasteiger partial charge in [0, 0.05) is 19.3 Å². The fourth-order valence-electron chi connectivity index (χ4n) is 2.25. The van der Waals surface area contributed by atoms with Gasteiger partial charge in [0.25, 0.3) is 5.91 Å². The first-order valence-electron chi connectivity index (χ1n) is 6.40. The van der Waals surface area contributed by atoms with Gasteiger partial charge < -0.3 is 20.4 Å². The average Bonchev–Trinajstić information content (AvgIpc) is 2.86. The Morgan fingerprint density at radius 2 is 2.44 bits per heavy atom. The van der Waals surface area contributed by atoms with E-state index in [1.165, 1.54) is 0 Å². The van der Waals surface area contributed by atoms with E-state index in [1.54, 1.807) is 6.07 Å². The van der Waals surface area contributed by atoms with E-state index in [1.807, 2.05) is 17.7 Å². The van der Waals surface area contributed by atoms with Gasteiger partial charge in [-0.3, -0.25) is 4.79 Å². The molecule has 1 fully saturated rings. The lowest BCUT2D eigenvalue weighted by Crippen LogP contribution is -2.46. The maximum Gasteiger partial charge on any atom is 0.268 e. The van der Waals surface area contributed by atoms with Gasteiger partial charge in [-0.25, -0.2) is 0 Å². The maximum atomic E-state index is 12.3. The fraction of sp³-hybridized carbons (Fsp3) is 0.615. The number of nitrogens with one attached hydrogen (secondary N) is 1. The molecule has 3 N–H and O–H groups in total. The molecule has 2 heterocycles. The maximum absolute atomic E-state index is 12.3. The van der Waals surface area contributed by atoms with Gasteiger partial charge in [-0.2, -0.15) is 0 Å². The Morgan fingerprint density at radius 3 is 3.06 bits per heavy atom. The molecule has 0 bridgehead atoms. The van der Waals surface area contributed by atoms with Crippen LogP contribution >= 0.6 is 0 Å². The molecule has 1 aliphatic heterocycles. The standard InChI is InChI=1S/C13H21N3O2/c1-3-5-16-8-10(14)7-11(16)12(17)15-13(2)4-6-18-9-13/h7-8H,3-6,9,14H2,1-2H3,(H,15,17). The van der Waals surface area contributed by atoms with Gasteiger partial charge in [0.05, 0.1) is 17.8 Å². The minimum atomic E-state index is -0.257. The van der Waals surface area contributed by atoms with Gasteiger partial charge in [0.1, 0.15) is 5.69 Å². The van der Waals surface area contributed by atoms with Crippen molar-refractivity contribution >= 4 is 11.6 Å². The number of hydrogen-bond donors (Lipinski definition) is 2. The molecular weight excluding hydrogens is 230 g/mol. The molecule has 1 amide bonds. The van der Waals surface area contributed by atoms with E-state index in [0.717, 1.165) is 19.4 Å². The summed E-state index contributed by atoms with van der Waals surface area (Å²) < 4.78 is 7.24. The van der Waals surface area contributed by atoms with E-state index >= 15 is 0 Å². The monoisotopic (exact) mass is 251 g/mol. The quantitative estimate of drug-likeness (QED) is 0.849. The third-order valence-electron chi connectivity index (χ3n) is 3.25. The summed E-state index contributed by atoms with van der Waals surface area (Å²) >= 11 is 0. The van der Waals surface area contributed by atoms with Crippen LogP contribution in [-0.2, 0) is 11.3 Å². The number of ether oxygens (including phenoxy) is 1. The number of aromatic nitrogens is 1. The van der Waals surface area contributed by atoms with E-state index in [-0.39, 0.29) is 11.4 Å². The molecule has 0 saturated carbocycles. The zero-order chi connectivity index (χ0) is 13.2. The molecule has 2 rings (SSSR count). The highest BCUT2D eigenvalue weighted by atomic mass is 16.5. The van der Waals surface area contributed by atoms with Crippen LogP contribution < -0.4 is 11.1 Å². The summed E-state index contributed by atoms with van der Waals surface area (Å²) in [4.78, 5) is 12.3. The summed E-state index contributed by atoms with van der Waals surface area (Å²) in [5.74, 6) is -0.0758. The lowest BCUT2D eigenvalue weighted by molar-refractivity contribution is 0.0880.